The van der Waals surface area contributed by atoms with E-state index in [0.717, 1.165) is 12.8 Å². The third-order valence-corrected chi connectivity index (χ3v) is 6.57. The number of fused-ring (bicyclic) bond motifs is 1. The van der Waals surface area contributed by atoms with Crippen LogP contribution in [0.15, 0.2) is 120 Å². The van der Waals surface area contributed by atoms with Crippen LogP contribution in [-0.2, 0) is 0 Å². The highest BCUT2D eigenvalue weighted by Gasteiger charge is 2.43. The molecular formula is C28H28N2O. The van der Waals surface area contributed by atoms with Gasteiger partial charge in [0.05, 0.1) is 11.7 Å². The second-order valence-corrected chi connectivity index (χ2v) is 8.33. The molecule has 0 amide bonds. The molecule has 0 saturated heterocycles. The van der Waals surface area contributed by atoms with E-state index in [1.165, 1.54) is 28.1 Å². The fourth-order valence-electron chi connectivity index (χ4n) is 5.03. The van der Waals surface area contributed by atoms with Crippen LogP contribution in [0.2, 0.25) is 0 Å². The van der Waals surface area contributed by atoms with Crippen LogP contribution in [0.3, 0.4) is 0 Å². The molecule has 3 heteroatoms. The molecule has 0 radical (unpaired) electrons. The molecule has 5 rings (SSSR count). The van der Waals surface area contributed by atoms with Gasteiger partial charge in [0.25, 0.3) is 0 Å². The van der Waals surface area contributed by atoms with Crippen molar-refractivity contribution in [3.8, 4) is 0 Å². The quantitative estimate of drug-likeness (QED) is 0.479. The van der Waals surface area contributed by atoms with E-state index in [0.29, 0.717) is 5.57 Å². The van der Waals surface area contributed by atoms with Crippen molar-refractivity contribution in [2.75, 3.05) is 0 Å². The Hall–Kier alpha value is -3.46. The Morgan fingerprint density at radius 3 is 2.81 bits per heavy atom. The smallest absolute Gasteiger partial charge is 0.129 e. The molecule has 0 fully saturated rings. The van der Waals surface area contributed by atoms with Crippen LogP contribution in [0.5, 0.6) is 0 Å². The average molecular weight is 409 g/mol. The summed E-state index contributed by atoms with van der Waals surface area (Å²) in [5, 5.41) is 14.2. The summed E-state index contributed by atoms with van der Waals surface area (Å²) in [6.07, 6.45) is 21.3. The van der Waals surface area contributed by atoms with Gasteiger partial charge in [0, 0.05) is 17.2 Å². The third-order valence-electron chi connectivity index (χ3n) is 6.57. The van der Waals surface area contributed by atoms with Crippen molar-refractivity contribution in [2.45, 2.75) is 32.0 Å². The fourth-order valence-corrected chi connectivity index (χ4v) is 5.03. The molecule has 1 aromatic rings. The van der Waals surface area contributed by atoms with Crippen molar-refractivity contribution in [3.63, 3.8) is 0 Å². The minimum Gasteiger partial charge on any atom is -0.508 e. The van der Waals surface area contributed by atoms with Crippen LogP contribution in [-0.4, -0.2) is 22.2 Å². The second kappa shape index (κ2) is 7.99. The first-order valence-electron chi connectivity index (χ1n) is 11.0. The number of aliphatic hydroxyl groups is 1. The summed E-state index contributed by atoms with van der Waals surface area (Å²) in [5.74, 6) is 0.458. The molecule has 3 unspecified atom stereocenters. The second-order valence-electron chi connectivity index (χ2n) is 8.33. The summed E-state index contributed by atoms with van der Waals surface area (Å²) in [7, 11) is 0. The first-order chi connectivity index (χ1) is 15.2. The number of aliphatic hydroxyl groups excluding tert-OH is 1. The van der Waals surface area contributed by atoms with Crippen LogP contribution in [0, 0.1) is 5.92 Å². The first kappa shape index (κ1) is 19.5. The number of nitrogens with zero attached hydrogens (tertiary/aromatic N) is 1. The molecule has 2 N–H and O–H groups in total. The molecule has 1 aliphatic heterocycles. The van der Waals surface area contributed by atoms with E-state index in [4.69, 9.17) is 0 Å². The van der Waals surface area contributed by atoms with Gasteiger partial charge in [0.1, 0.15) is 11.9 Å². The molecule has 156 valence electrons. The van der Waals surface area contributed by atoms with Gasteiger partial charge in [-0.25, -0.2) is 0 Å². The molecule has 0 bridgehead atoms. The Labute approximate surface area is 184 Å². The first-order valence-corrected chi connectivity index (χ1v) is 11.0. The van der Waals surface area contributed by atoms with Crippen molar-refractivity contribution in [3.05, 3.63) is 125 Å². The van der Waals surface area contributed by atoms with E-state index in [2.05, 4.69) is 95.7 Å². The Morgan fingerprint density at radius 1 is 1.16 bits per heavy atom. The largest absolute Gasteiger partial charge is 0.508 e. The van der Waals surface area contributed by atoms with Gasteiger partial charge in [-0.05, 0) is 48.6 Å². The van der Waals surface area contributed by atoms with E-state index in [9.17, 15) is 5.11 Å². The molecule has 0 aromatic heterocycles. The predicted octanol–water partition coefficient (Wildman–Crippen LogP) is 5.93. The molecule has 0 saturated carbocycles. The van der Waals surface area contributed by atoms with Crippen molar-refractivity contribution >= 4 is 5.57 Å². The summed E-state index contributed by atoms with van der Waals surface area (Å²) >= 11 is 0. The zero-order valence-electron chi connectivity index (χ0n) is 17.8. The van der Waals surface area contributed by atoms with Gasteiger partial charge in [0.15, 0.2) is 0 Å². The lowest BCUT2D eigenvalue weighted by Gasteiger charge is -2.43. The maximum absolute atomic E-state index is 10.6. The SMILES string of the molecule is C=C(/C(O)=C\C)C1NC2=C(C=CCC2)N1C1C(c2ccccc2)=CC=C2C=CC=CC21. The van der Waals surface area contributed by atoms with E-state index < -0.39 is 0 Å². The minimum atomic E-state index is -0.195. The van der Waals surface area contributed by atoms with E-state index in [-0.39, 0.29) is 23.9 Å². The normalized spacial score (nSPS) is 26.8. The summed E-state index contributed by atoms with van der Waals surface area (Å²) in [4.78, 5) is 2.44. The van der Waals surface area contributed by atoms with Gasteiger partial charge in [-0.1, -0.05) is 79.4 Å². The van der Waals surface area contributed by atoms with Crippen molar-refractivity contribution in [2.24, 2.45) is 5.92 Å². The molecule has 3 atom stereocenters. The Morgan fingerprint density at radius 2 is 2.00 bits per heavy atom. The zero-order valence-corrected chi connectivity index (χ0v) is 17.8. The molecule has 3 aliphatic carbocycles. The minimum absolute atomic E-state index is 0.0813. The Balaban J connectivity index is 1.66. The standard InChI is InChI=1S/C28H28N2O/c1-3-26(31)19(2)28-29-24-15-9-10-16-25(24)30(28)27-22-14-8-7-13-21(22)17-18-23(27)20-11-5-4-6-12-20/h3-8,10-14,16-18,22,27-29,31H,2,9,15H2,1H3/b26-3+. The van der Waals surface area contributed by atoms with Crippen molar-refractivity contribution in [1.29, 1.82) is 0 Å². The maximum Gasteiger partial charge on any atom is 0.129 e. The summed E-state index contributed by atoms with van der Waals surface area (Å²) in [6, 6.07) is 10.7. The van der Waals surface area contributed by atoms with Gasteiger partial charge in [-0.3, -0.25) is 0 Å². The highest BCUT2D eigenvalue weighted by atomic mass is 16.3. The number of benzene rings is 1. The number of nitrogens with one attached hydrogen (secondary N) is 1. The van der Waals surface area contributed by atoms with Gasteiger partial charge in [-0.2, -0.15) is 0 Å². The van der Waals surface area contributed by atoms with Crippen LogP contribution in [0.4, 0.5) is 0 Å². The van der Waals surface area contributed by atoms with Crippen LogP contribution >= 0.6 is 0 Å². The van der Waals surface area contributed by atoms with Crippen molar-refractivity contribution in [1.82, 2.24) is 10.2 Å². The Bertz CT molecular complexity index is 1110. The topological polar surface area (TPSA) is 35.5 Å². The number of allylic oxidation sites excluding steroid dienone is 9. The lowest BCUT2D eigenvalue weighted by Crippen LogP contribution is -2.49. The highest BCUT2D eigenvalue weighted by molar-refractivity contribution is 5.75. The number of rotatable bonds is 4. The van der Waals surface area contributed by atoms with Gasteiger partial charge >= 0.3 is 0 Å². The van der Waals surface area contributed by atoms with Crippen LogP contribution in [0.1, 0.15) is 25.3 Å². The van der Waals surface area contributed by atoms with Gasteiger partial charge < -0.3 is 15.3 Å². The number of hydrogen-bond acceptors (Lipinski definition) is 3. The summed E-state index contributed by atoms with van der Waals surface area (Å²) in [5.41, 5.74) is 6.94. The molecular weight excluding hydrogens is 380 g/mol. The lowest BCUT2D eigenvalue weighted by atomic mass is 9.76. The average Bonchev–Trinajstić information content (AvgIpc) is 3.22. The predicted molar refractivity (Wildman–Crippen MR) is 128 cm³/mol. The van der Waals surface area contributed by atoms with E-state index in [1.54, 1.807) is 6.08 Å². The van der Waals surface area contributed by atoms with Crippen LogP contribution < -0.4 is 5.32 Å². The highest BCUT2D eigenvalue weighted by Crippen LogP contribution is 2.44. The lowest BCUT2D eigenvalue weighted by molar-refractivity contribution is 0.227. The van der Waals surface area contributed by atoms with Crippen molar-refractivity contribution < 1.29 is 5.11 Å². The third kappa shape index (κ3) is 3.31. The van der Waals surface area contributed by atoms with Crippen LogP contribution in [0.25, 0.3) is 5.57 Å². The zero-order chi connectivity index (χ0) is 21.4. The molecule has 3 nitrogen and oxygen atoms in total. The van der Waals surface area contributed by atoms with E-state index in [1.807, 2.05) is 6.92 Å². The van der Waals surface area contributed by atoms with Gasteiger partial charge in [0.2, 0.25) is 0 Å². The summed E-state index contributed by atoms with van der Waals surface area (Å²) < 4.78 is 0. The molecule has 4 aliphatic rings. The molecule has 1 heterocycles. The van der Waals surface area contributed by atoms with Gasteiger partial charge in [-0.15, -0.1) is 0 Å². The molecule has 1 aromatic carbocycles. The summed E-state index contributed by atoms with van der Waals surface area (Å²) in [6.45, 7) is 6.12. The number of hydrogen-bond donors (Lipinski definition) is 2. The fraction of sp³-hybridized carbons (Fsp3) is 0.214. The maximum atomic E-state index is 10.6. The molecule has 0 spiro atoms. The Kier molecular flexibility index (Phi) is 5.03. The molecule has 31 heavy (non-hydrogen) atoms. The monoisotopic (exact) mass is 408 g/mol. The van der Waals surface area contributed by atoms with E-state index >= 15 is 0 Å².